The van der Waals surface area contributed by atoms with Gasteiger partial charge < -0.3 is 20.7 Å². The van der Waals surface area contributed by atoms with E-state index in [0.717, 1.165) is 65.5 Å². The minimum absolute atomic E-state index is 0.0994. The number of benzene rings is 1. The fourth-order valence-corrected chi connectivity index (χ4v) is 5.73. The van der Waals surface area contributed by atoms with Gasteiger partial charge in [-0.1, -0.05) is 19.1 Å². The number of rotatable bonds is 7. The van der Waals surface area contributed by atoms with Crippen LogP contribution >= 0.6 is 11.3 Å². The van der Waals surface area contributed by atoms with Crippen molar-refractivity contribution in [2.45, 2.75) is 51.6 Å². The lowest BCUT2D eigenvalue weighted by atomic mass is 10.0. The summed E-state index contributed by atoms with van der Waals surface area (Å²) >= 11 is 1.60. The lowest BCUT2D eigenvalue weighted by Crippen LogP contribution is -2.46. The molecule has 3 atom stereocenters. The number of fused-ring (bicyclic) bond motifs is 1. The van der Waals surface area contributed by atoms with Crippen molar-refractivity contribution >= 4 is 45.0 Å². The van der Waals surface area contributed by atoms with Crippen LogP contribution in [0.1, 0.15) is 37.5 Å². The van der Waals surface area contributed by atoms with Crippen LogP contribution in [0.5, 0.6) is 0 Å². The number of carbonyl (C=O) groups excluding carboxylic acids is 1. The van der Waals surface area contributed by atoms with Crippen LogP contribution in [-0.2, 0) is 9.53 Å². The molecule has 1 amide bonds. The van der Waals surface area contributed by atoms with Gasteiger partial charge >= 0.3 is 0 Å². The molecule has 3 heterocycles. The third-order valence-corrected chi connectivity index (χ3v) is 7.71. The Morgan fingerprint density at radius 1 is 1.14 bits per heavy atom. The van der Waals surface area contributed by atoms with Gasteiger partial charge in [-0.3, -0.25) is 9.69 Å². The number of hydrogen-bond donors (Lipinski definition) is 3. The zero-order valence-electron chi connectivity index (χ0n) is 21.0. The van der Waals surface area contributed by atoms with Gasteiger partial charge in [-0.25, -0.2) is 9.97 Å². The number of para-hydroxylation sites is 1. The fraction of sp³-hybridized carbons (Fsp3) is 0.538. The van der Waals surface area contributed by atoms with Crippen LogP contribution in [0.3, 0.4) is 0 Å². The van der Waals surface area contributed by atoms with E-state index < -0.39 is 0 Å². The normalized spacial score (nSPS) is 23.2. The number of nitrogens with one attached hydrogen (secondary N) is 3. The highest BCUT2D eigenvalue weighted by molar-refractivity contribution is 7.15. The number of amides is 1. The first-order valence-electron chi connectivity index (χ1n) is 12.8. The molecule has 2 aliphatic rings. The molecule has 5 rings (SSSR count). The molecule has 1 aromatic carbocycles. The van der Waals surface area contributed by atoms with E-state index in [9.17, 15) is 4.79 Å². The molecule has 0 bridgehead atoms. The highest BCUT2D eigenvalue weighted by Gasteiger charge is 2.26. The number of anilines is 3. The second-order valence-electron chi connectivity index (χ2n) is 9.96. The number of aromatic nitrogens is 3. The van der Waals surface area contributed by atoms with Crippen molar-refractivity contribution in [3.63, 3.8) is 0 Å². The summed E-state index contributed by atoms with van der Waals surface area (Å²) in [6.45, 7) is 7.79. The first-order chi connectivity index (χ1) is 17.5. The summed E-state index contributed by atoms with van der Waals surface area (Å²) < 4.78 is 5.40. The quantitative estimate of drug-likeness (QED) is 0.412. The number of morpholine rings is 1. The highest BCUT2D eigenvalue weighted by atomic mass is 32.1. The summed E-state index contributed by atoms with van der Waals surface area (Å²) in [5.41, 5.74) is 0.878. The van der Waals surface area contributed by atoms with Crippen molar-refractivity contribution < 1.29 is 9.53 Å². The minimum Gasteiger partial charge on any atom is -0.379 e. The van der Waals surface area contributed by atoms with Gasteiger partial charge in [0, 0.05) is 41.6 Å². The Hall–Kier alpha value is -2.82. The van der Waals surface area contributed by atoms with Gasteiger partial charge in [0.1, 0.15) is 5.82 Å². The Bertz CT molecular complexity index is 1180. The van der Waals surface area contributed by atoms with Gasteiger partial charge in [-0.2, -0.15) is 4.98 Å². The Kier molecular flexibility index (Phi) is 7.93. The van der Waals surface area contributed by atoms with Gasteiger partial charge in [0.2, 0.25) is 11.9 Å². The maximum absolute atomic E-state index is 12.8. The zero-order chi connectivity index (χ0) is 24.9. The standard InChI is InChI=1S/C26H35N7O2S/c1-17-7-8-19(28-23(34)16-33-9-11-35-12-10-33)14-20(13-17)29-25-30-22-6-4-3-5-21(22)24(31-25)32-26-27-15-18(2)36-26/h3-6,15,17,19-20H,7-14,16H2,1-2H3,(H,28,34)(H2,27,29,30,31,32)/t17-,19+,20-/m0/s1. The maximum atomic E-state index is 12.8. The molecular weight excluding hydrogens is 474 g/mol. The van der Waals surface area contributed by atoms with Gasteiger partial charge in [-0.05, 0) is 50.7 Å². The topological polar surface area (TPSA) is 104 Å². The van der Waals surface area contributed by atoms with Crippen molar-refractivity contribution in [1.29, 1.82) is 0 Å². The molecule has 10 heteroatoms. The number of hydrogen-bond acceptors (Lipinski definition) is 9. The molecule has 1 saturated heterocycles. The van der Waals surface area contributed by atoms with Crippen LogP contribution in [0.4, 0.5) is 16.9 Å². The van der Waals surface area contributed by atoms with E-state index in [0.29, 0.717) is 31.6 Å². The molecule has 192 valence electrons. The van der Waals surface area contributed by atoms with E-state index in [-0.39, 0.29) is 18.0 Å². The molecule has 2 aromatic heterocycles. The molecule has 0 unspecified atom stereocenters. The molecular formula is C26H35N7O2S. The molecule has 2 fully saturated rings. The summed E-state index contributed by atoms with van der Waals surface area (Å²) in [5, 5.41) is 12.1. The summed E-state index contributed by atoms with van der Waals surface area (Å²) in [6.07, 6.45) is 5.80. The van der Waals surface area contributed by atoms with Crippen LogP contribution < -0.4 is 16.0 Å². The summed E-state index contributed by atoms with van der Waals surface area (Å²) in [7, 11) is 0. The Balaban J connectivity index is 1.29. The van der Waals surface area contributed by atoms with E-state index >= 15 is 0 Å². The average Bonchev–Trinajstić information content (AvgIpc) is 3.19. The lowest BCUT2D eigenvalue weighted by Gasteiger charge is -2.27. The molecule has 0 spiro atoms. The molecule has 3 N–H and O–H groups in total. The number of aryl methyl sites for hydroxylation is 1. The molecule has 1 saturated carbocycles. The summed E-state index contributed by atoms with van der Waals surface area (Å²) in [5.74, 6) is 2.00. The predicted octanol–water partition coefficient (Wildman–Crippen LogP) is 3.95. The van der Waals surface area contributed by atoms with Crippen LogP contribution in [0.15, 0.2) is 30.5 Å². The van der Waals surface area contributed by atoms with E-state index in [4.69, 9.17) is 14.7 Å². The third kappa shape index (κ3) is 6.48. The molecule has 0 radical (unpaired) electrons. The molecule has 9 nitrogen and oxygen atoms in total. The van der Waals surface area contributed by atoms with Crippen molar-refractivity contribution in [1.82, 2.24) is 25.2 Å². The van der Waals surface area contributed by atoms with E-state index in [1.54, 1.807) is 11.3 Å². The Labute approximate surface area is 216 Å². The molecule has 1 aliphatic heterocycles. The third-order valence-electron chi connectivity index (χ3n) is 6.88. The van der Waals surface area contributed by atoms with Crippen LogP contribution in [-0.4, -0.2) is 70.7 Å². The van der Waals surface area contributed by atoms with E-state index in [1.807, 2.05) is 37.4 Å². The molecule has 1 aliphatic carbocycles. The van der Waals surface area contributed by atoms with Crippen molar-refractivity contribution in [3.8, 4) is 0 Å². The van der Waals surface area contributed by atoms with Crippen LogP contribution in [0.2, 0.25) is 0 Å². The smallest absolute Gasteiger partial charge is 0.234 e. The number of carbonyl (C=O) groups is 1. The highest BCUT2D eigenvalue weighted by Crippen LogP contribution is 2.29. The molecule has 3 aromatic rings. The van der Waals surface area contributed by atoms with Gasteiger partial charge in [0.25, 0.3) is 0 Å². The fourth-order valence-electron chi connectivity index (χ4n) is 5.06. The minimum atomic E-state index is 0.0994. The Morgan fingerprint density at radius 3 is 2.78 bits per heavy atom. The number of thiazole rings is 1. The van der Waals surface area contributed by atoms with Crippen molar-refractivity contribution in [2.24, 2.45) is 5.92 Å². The summed E-state index contributed by atoms with van der Waals surface area (Å²) in [6, 6.07) is 8.32. The maximum Gasteiger partial charge on any atom is 0.234 e. The first-order valence-corrected chi connectivity index (χ1v) is 13.7. The first kappa shape index (κ1) is 24.9. The Morgan fingerprint density at radius 2 is 1.97 bits per heavy atom. The second kappa shape index (κ2) is 11.5. The number of nitrogens with zero attached hydrogens (tertiary/aromatic N) is 4. The van der Waals surface area contributed by atoms with Gasteiger partial charge in [0.05, 0.1) is 25.3 Å². The SMILES string of the molecule is Cc1cnc(Nc2nc(N[C@H]3C[C@@H](C)CC[C@@H](NC(=O)CN4CCOCC4)C3)nc3ccccc23)s1. The van der Waals surface area contributed by atoms with Crippen molar-refractivity contribution in [3.05, 3.63) is 35.3 Å². The van der Waals surface area contributed by atoms with Crippen LogP contribution in [0, 0.1) is 12.8 Å². The summed E-state index contributed by atoms with van der Waals surface area (Å²) in [4.78, 5) is 30.2. The predicted molar refractivity (Wildman–Crippen MR) is 144 cm³/mol. The zero-order valence-corrected chi connectivity index (χ0v) is 21.8. The van der Waals surface area contributed by atoms with Crippen molar-refractivity contribution in [2.75, 3.05) is 43.5 Å². The van der Waals surface area contributed by atoms with Crippen LogP contribution in [0.25, 0.3) is 10.9 Å². The second-order valence-corrected chi connectivity index (χ2v) is 11.2. The average molecular weight is 510 g/mol. The van der Waals surface area contributed by atoms with Gasteiger partial charge in [0.15, 0.2) is 5.13 Å². The van der Waals surface area contributed by atoms with E-state index in [2.05, 4.69) is 32.8 Å². The van der Waals surface area contributed by atoms with Gasteiger partial charge in [-0.15, -0.1) is 11.3 Å². The monoisotopic (exact) mass is 509 g/mol. The largest absolute Gasteiger partial charge is 0.379 e. The lowest BCUT2D eigenvalue weighted by molar-refractivity contribution is -0.124. The molecule has 36 heavy (non-hydrogen) atoms. The number of ether oxygens (including phenoxy) is 1. The van der Waals surface area contributed by atoms with E-state index in [1.165, 1.54) is 0 Å².